The molecular formula is C32H48ClN7O2P+. The molecule has 11 heteroatoms. The van der Waals surface area contributed by atoms with Crippen molar-refractivity contribution < 1.29 is 10.7 Å². The summed E-state index contributed by atoms with van der Waals surface area (Å²) in [5.41, 5.74) is 2.62. The molecule has 0 saturated carbocycles. The summed E-state index contributed by atoms with van der Waals surface area (Å²) in [6.45, 7) is 14.5. The lowest BCUT2D eigenvalue weighted by molar-refractivity contribution is 0.0982. The van der Waals surface area contributed by atoms with E-state index < -0.39 is 7.14 Å². The van der Waals surface area contributed by atoms with Crippen LogP contribution >= 0.6 is 18.7 Å². The van der Waals surface area contributed by atoms with Crippen molar-refractivity contribution in [3.05, 3.63) is 53.7 Å². The maximum atomic E-state index is 12.8. The lowest BCUT2D eigenvalue weighted by Gasteiger charge is -2.42. The number of hydrogen-bond acceptors (Lipinski definition) is 9. The molecule has 2 aliphatic heterocycles. The monoisotopic (exact) mass is 628 g/mol. The molecule has 0 unspecified atom stereocenters. The SMILES string of the molecule is CCC.COc1cc(N2CCC(N3CCN(C)CC3)CC2)ccc1Nc1ncc(Cl)c(Nc2ccccc2P(C)(C)=O)n1.[H+]. The van der Waals surface area contributed by atoms with E-state index in [0.29, 0.717) is 28.5 Å². The van der Waals surface area contributed by atoms with E-state index in [9.17, 15) is 4.57 Å². The van der Waals surface area contributed by atoms with Gasteiger partial charge in [0.1, 0.15) is 17.9 Å². The highest BCUT2D eigenvalue weighted by Crippen LogP contribution is 2.39. The van der Waals surface area contributed by atoms with Crippen molar-refractivity contribution in [2.24, 2.45) is 0 Å². The topological polar surface area (TPSA) is 85.9 Å². The zero-order chi connectivity index (χ0) is 31.0. The van der Waals surface area contributed by atoms with Gasteiger partial charge in [-0.1, -0.05) is 44.0 Å². The van der Waals surface area contributed by atoms with Crippen LogP contribution in [0.15, 0.2) is 48.7 Å². The molecule has 0 bridgehead atoms. The standard InChI is InChI=1S/C29H39ClN7O2P.C3H8/c1-35-15-17-37(18-16-35)21-11-13-36(14-12-21)22-9-10-24(26(19-22)39-2)33-29-31-20-23(30)28(34-29)32-25-7-5-6-8-27(25)40(3,4)38;1-3-2/h5-10,19-21H,11-18H2,1-4H3,(H2,31,32,33,34);3H2,1-2H3/p+1. The third-order valence-electron chi connectivity index (χ3n) is 7.80. The van der Waals surface area contributed by atoms with Gasteiger partial charge in [-0.05, 0) is 57.5 Å². The minimum atomic E-state index is -2.50. The second-order valence-corrected chi connectivity index (χ2v) is 15.2. The van der Waals surface area contributed by atoms with E-state index in [1.165, 1.54) is 32.4 Å². The highest BCUT2D eigenvalue weighted by molar-refractivity contribution is 7.70. The van der Waals surface area contributed by atoms with Gasteiger partial charge in [0.15, 0.2) is 5.82 Å². The van der Waals surface area contributed by atoms with E-state index in [4.69, 9.17) is 16.3 Å². The average molecular weight is 629 g/mol. The average Bonchev–Trinajstić information content (AvgIpc) is 3.00. The van der Waals surface area contributed by atoms with E-state index in [0.717, 1.165) is 48.6 Å². The van der Waals surface area contributed by atoms with Gasteiger partial charge in [0.2, 0.25) is 5.95 Å². The molecule has 2 aromatic carbocycles. The van der Waals surface area contributed by atoms with Crippen LogP contribution in [0.5, 0.6) is 5.75 Å². The first-order valence-electron chi connectivity index (χ1n) is 15.2. The Kier molecular flexibility index (Phi) is 11.7. The zero-order valence-electron chi connectivity index (χ0n) is 27.4. The molecule has 0 radical (unpaired) electrons. The molecule has 2 saturated heterocycles. The molecule has 5 rings (SSSR count). The fourth-order valence-electron chi connectivity index (χ4n) is 5.47. The van der Waals surface area contributed by atoms with Crippen LogP contribution in [0, 0.1) is 0 Å². The minimum absolute atomic E-state index is 0. The Hall–Kier alpha value is -2.84. The van der Waals surface area contributed by atoms with Crippen LogP contribution in [0.3, 0.4) is 0 Å². The lowest BCUT2D eigenvalue weighted by Crippen LogP contribution is -2.52. The van der Waals surface area contributed by atoms with Gasteiger partial charge in [0, 0.05) is 62.4 Å². The van der Waals surface area contributed by atoms with Gasteiger partial charge in [-0.25, -0.2) is 4.98 Å². The molecule has 1 aromatic heterocycles. The van der Waals surface area contributed by atoms with Crippen molar-refractivity contribution in [2.75, 3.05) is 82.3 Å². The largest absolute Gasteiger partial charge is 1.00 e. The number of nitrogens with zero attached hydrogens (tertiary/aromatic N) is 5. The Morgan fingerprint density at radius 3 is 2.33 bits per heavy atom. The summed E-state index contributed by atoms with van der Waals surface area (Å²) < 4.78 is 18.5. The molecule has 0 spiro atoms. The number of nitrogens with one attached hydrogen (secondary N) is 2. The summed E-state index contributed by atoms with van der Waals surface area (Å²) in [6, 6.07) is 14.4. The van der Waals surface area contributed by atoms with Crippen LogP contribution in [0.1, 0.15) is 34.5 Å². The smallest absolute Gasteiger partial charge is 0.494 e. The molecule has 2 aliphatic rings. The Morgan fingerprint density at radius 1 is 1.00 bits per heavy atom. The molecule has 3 heterocycles. The number of ether oxygens (including phenoxy) is 1. The molecule has 234 valence electrons. The second kappa shape index (κ2) is 15.2. The van der Waals surface area contributed by atoms with Gasteiger partial charge in [-0.15, -0.1) is 0 Å². The van der Waals surface area contributed by atoms with Crippen molar-refractivity contribution in [3.8, 4) is 5.75 Å². The molecule has 0 amide bonds. The molecule has 2 N–H and O–H groups in total. The number of piperazine rings is 1. The fourth-order valence-corrected chi connectivity index (χ4v) is 6.76. The molecule has 3 aromatic rings. The summed E-state index contributed by atoms with van der Waals surface area (Å²) in [5.74, 6) is 1.52. The third-order valence-corrected chi connectivity index (χ3v) is 9.62. The highest BCUT2D eigenvalue weighted by atomic mass is 35.5. The van der Waals surface area contributed by atoms with Crippen LogP contribution in [-0.4, -0.2) is 92.6 Å². The number of halogens is 1. The predicted molar refractivity (Wildman–Crippen MR) is 184 cm³/mol. The number of rotatable bonds is 8. The number of para-hydroxylation sites is 1. The molecule has 43 heavy (non-hydrogen) atoms. The second-order valence-electron chi connectivity index (χ2n) is 11.7. The van der Waals surface area contributed by atoms with E-state index in [1.54, 1.807) is 26.6 Å². The van der Waals surface area contributed by atoms with Crippen LogP contribution < -0.4 is 25.6 Å². The van der Waals surface area contributed by atoms with Crippen molar-refractivity contribution >= 4 is 52.9 Å². The molecule has 9 nitrogen and oxygen atoms in total. The van der Waals surface area contributed by atoms with E-state index in [-0.39, 0.29) is 1.43 Å². The quantitative estimate of drug-likeness (QED) is 0.267. The number of aromatic nitrogens is 2. The number of piperidine rings is 1. The molecular weight excluding hydrogens is 581 g/mol. The van der Waals surface area contributed by atoms with Gasteiger partial charge in [0.05, 0.1) is 24.7 Å². The summed E-state index contributed by atoms with van der Waals surface area (Å²) in [7, 11) is 1.37. The number of hydrogen-bond donors (Lipinski definition) is 2. The predicted octanol–water partition coefficient (Wildman–Crippen LogP) is 6.62. The van der Waals surface area contributed by atoms with Gasteiger partial charge >= 0.3 is 1.43 Å². The van der Waals surface area contributed by atoms with Crippen molar-refractivity contribution in [2.45, 2.75) is 39.2 Å². The highest BCUT2D eigenvalue weighted by Gasteiger charge is 2.27. The van der Waals surface area contributed by atoms with Crippen molar-refractivity contribution in [3.63, 3.8) is 0 Å². The van der Waals surface area contributed by atoms with Gasteiger partial charge in [0.25, 0.3) is 0 Å². The third kappa shape index (κ3) is 8.85. The number of anilines is 5. The van der Waals surface area contributed by atoms with E-state index in [2.05, 4.69) is 68.3 Å². The first-order valence-corrected chi connectivity index (χ1v) is 18.2. The van der Waals surface area contributed by atoms with Gasteiger partial charge in [-0.2, -0.15) is 4.98 Å². The van der Waals surface area contributed by atoms with Crippen LogP contribution in [0.2, 0.25) is 5.02 Å². The number of methoxy groups -OCH3 is 1. The molecule has 0 aliphatic carbocycles. The Balaban J connectivity index is 0.00000127. The summed E-state index contributed by atoms with van der Waals surface area (Å²) >= 11 is 6.43. The van der Waals surface area contributed by atoms with Crippen LogP contribution in [0.4, 0.5) is 28.8 Å². The summed E-state index contributed by atoms with van der Waals surface area (Å²) in [6.07, 6.45) is 5.15. The molecule has 0 atom stereocenters. The first kappa shape index (κ1) is 33.1. The number of benzene rings is 2. The van der Waals surface area contributed by atoms with E-state index >= 15 is 0 Å². The summed E-state index contributed by atoms with van der Waals surface area (Å²) in [5, 5.41) is 7.63. The first-order chi connectivity index (χ1) is 20.6. The van der Waals surface area contributed by atoms with Crippen LogP contribution in [-0.2, 0) is 4.57 Å². The Bertz CT molecular complexity index is 1390. The fraction of sp³-hybridized carbons (Fsp3) is 0.500. The van der Waals surface area contributed by atoms with Crippen molar-refractivity contribution in [1.82, 2.24) is 19.8 Å². The minimum Gasteiger partial charge on any atom is -0.494 e. The van der Waals surface area contributed by atoms with Gasteiger partial charge < -0.3 is 29.7 Å². The molecule has 2 fully saturated rings. The van der Waals surface area contributed by atoms with E-state index in [1.807, 2.05) is 30.3 Å². The number of likely N-dealkylation sites (N-methyl/N-ethyl adjacent to an activating group) is 1. The van der Waals surface area contributed by atoms with Gasteiger partial charge in [-0.3, -0.25) is 4.90 Å². The lowest BCUT2D eigenvalue weighted by atomic mass is 10.0. The maximum Gasteiger partial charge on any atom is 1.00 e. The van der Waals surface area contributed by atoms with Crippen LogP contribution in [0.25, 0.3) is 0 Å². The summed E-state index contributed by atoms with van der Waals surface area (Å²) in [4.78, 5) is 16.5. The Morgan fingerprint density at radius 2 is 1.67 bits per heavy atom. The normalized spacial score (nSPS) is 16.8. The Labute approximate surface area is 263 Å². The van der Waals surface area contributed by atoms with Crippen molar-refractivity contribution in [1.29, 1.82) is 0 Å². The zero-order valence-corrected chi connectivity index (χ0v) is 28.1. The maximum absolute atomic E-state index is 12.8.